The highest BCUT2D eigenvalue weighted by molar-refractivity contribution is 5.89. The minimum Gasteiger partial charge on any atom is -0.454 e. The highest BCUT2D eigenvalue weighted by atomic mass is 16.7. The smallest absolute Gasteiger partial charge is 0.243 e. The predicted molar refractivity (Wildman–Crippen MR) is 92.2 cm³/mol. The molecule has 4 rings (SSSR count). The minimum atomic E-state index is -0.872. The number of ether oxygens (including phenoxy) is 3. The molecule has 3 atom stereocenters. The van der Waals surface area contributed by atoms with E-state index in [1.165, 1.54) is 0 Å². The molecule has 2 aliphatic heterocycles. The molecule has 0 bridgehead atoms. The fourth-order valence-corrected chi connectivity index (χ4v) is 4.71. The minimum absolute atomic E-state index is 0.0121. The molecule has 6 nitrogen and oxygen atoms in total. The number of fused-ring (bicyclic) bond motifs is 2. The molecule has 0 radical (unpaired) electrons. The Morgan fingerprint density at radius 2 is 2.08 bits per heavy atom. The van der Waals surface area contributed by atoms with Gasteiger partial charge in [-0.1, -0.05) is 19.9 Å². The molecule has 1 saturated heterocycles. The molecule has 3 unspecified atom stereocenters. The lowest BCUT2D eigenvalue weighted by Gasteiger charge is -2.65. The van der Waals surface area contributed by atoms with Gasteiger partial charge in [0, 0.05) is 31.5 Å². The molecule has 136 valence electrons. The van der Waals surface area contributed by atoms with Gasteiger partial charge in [0.2, 0.25) is 12.7 Å². The number of nitrogens with zero attached hydrogens (tertiary/aromatic N) is 1. The number of likely N-dealkylation sites (N-methyl/N-ethyl adjacent to an activating group) is 1. The van der Waals surface area contributed by atoms with Gasteiger partial charge in [0.05, 0.1) is 6.10 Å². The van der Waals surface area contributed by atoms with Crippen LogP contribution in [0.5, 0.6) is 11.5 Å². The highest BCUT2D eigenvalue weighted by Gasteiger charge is 2.70. The van der Waals surface area contributed by atoms with E-state index in [0.29, 0.717) is 6.54 Å². The normalized spacial score (nSPS) is 31.8. The van der Waals surface area contributed by atoms with Crippen molar-refractivity contribution in [2.75, 3.05) is 20.4 Å². The van der Waals surface area contributed by atoms with Gasteiger partial charge in [0.25, 0.3) is 0 Å². The molecule has 25 heavy (non-hydrogen) atoms. The zero-order valence-electron chi connectivity index (χ0n) is 15.1. The molecule has 6 heteroatoms. The molecule has 1 saturated carbocycles. The van der Waals surface area contributed by atoms with Crippen molar-refractivity contribution >= 4 is 5.91 Å². The van der Waals surface area contributed by atoms with Crippen LogP contribution in [-0.4, -0.2) is 42.9 Å². The number of nitrogens with two attached hydrogens (primary N) is 1. The maximum atomic E-state index is 13.2. The van der Waals surface area contributed by atoms with Crippen molar-refractivity contribution in [1.29, 1.82) is 0 Å². The van der Waals surface area contributed by atoms with E-state index in [4.69, 9.17) is 19.9 Å². The first-order chi connectivity index (χ1) is 11.9. The van der Waals surface area contributed by atoms with Crippen LogP contribution in [0.4, 0.5) is 0 Å². The van der Waals surface area contributed by atoms with Crippen LogP contribution < -0.4 is 15.2 Å². The number of carbonyl (C=O) groups is 1. The average Bonchev–Trinajstić information content (AvgIpc) is 3.08. The van der Waals surface area contributed by atoms with E-state index in [1.807, 2.05) is 39.1 Å². The lowest BCUT2D eigenvalue weighted by molar-refractivity contribution is -0.229. The van der Waals surface area contributed by atoms with Crippen molar-refractivity contribution < 1.29 is 19.0 Å². The quantitative estimate of drug-likeness (QED) is 0.905. The first-order valence-electron chi connectivity index (χ1n) is 8.90. The van der Waals surface area contributed by atoms with E-state index in [0.717, 1.165) is 36.5 Å². The molecule has 1 aliphatic carbocycles. The second-order valence-corrected chi connectivity index (χ2v) is 7.98. The summed E-state index contributed by atoms with van der Waals surface area (Å²) in [5.74, 6) is 1.56. The maximum Gasteiger partial charge on any atom is 0.243 e. The molecule has 1 aromatic rings. The van der Waals surface area contributed by atoms with E-state index in [1.54, 1.807) is 4.90 Å². The Kier molecular flexibility index (Phi) is 3.74. The average molecular weight is 346 g/mol. The predicted octanol–water partition coefficient (Wildman–Crippen LogP) is 1.91. The fourth-order valence-electron chi connectivity index (χ4n) is 4.71. The summed E-state index contributed by atoms with van der Waals surface area (Å²) in [5, 5.41) is 0. The van der Waals surface area contributed by atoms with Crippen molar-refractivity contribution in [2.24, 2.45) is 17.1 Å². The Morgan fingerprint density at radius 3 is 2.88 bits per heavy atom. The van der Waals surface area contributed by atoms with Crippen molar-refractivity contribution in [3.63, 3.8) is 0 Å². The zero-order valence-corrected chi connectivity index (χ0v) is 15.1. The number of amides is 1. The van der Waals surface area contributed by atoms with Gasteiger partial charge in [0.1, 0.15) is 5.54 Å². The summed E-state index contributed by atoms with van der Waals surface area (Å²) < 4.78 is 16.7. The van der Waals surface area contributed by atoms with Crippen LogP contribution in [-0.2, 0) is 16.1 Å². The lowest BCUT2D eigenvalue weighted by Crippen LogP contribution is -2.82. The summed E-state index contributed by atoms with van der Waals surface area (Å²) in [6.07, 6.45) is 2.00. The Bertz CT molecular complexity index is 705. The standard InChI is InChI=1S/C19H26N2O4/c1-18(2)16-13(5-4-8-23-16)19(18,20)17(22)21(3)10-12-6-7-14-15(9-12)25-11-24-14/h6-7,9,13,16H,4-5,8,10-11,20H2,1-3H3. The summed E-state index contributed by atoms with van der Waals surface area (Å²) >= 11 is 0. The number of carbonyl (C=O) groups excluding carboxylic acids is 1. The summed E-state index contributed by atoms with van der Waals surface area (Å²) in [5.41, 5.74) is 6.47. The Balaban J connectivity index is 1.52. The van der Waals surface area contributed by atoms with Gasteiger partial charge in [-0.05, 0) is 30.5 Å². The molecule has 2 fully saturated rings. The molecule has 0 spiro atoms. The van der Waals surface area contributed by atoms with Crippen molar-refractivity contribution in [3.8, 4) is 11.5 Å². The van der Waals surface area contributed by atoms with Gasteiger partial charge in [-0.2, -0.15) is 0 Å². The number of hydrogen-bond donors (Lipinski definition) is 1. The molecular formula is C19H26N2O4. The van der Waals surface area contributed by atoms with E-state index < -0.39 is 5.54 Å². The third-order valence-electron chi connectivity index (χ3n) is 6.24. The molecular weight excluding hydrogens is 320 g/mol. The van der Waals surface area contributed by atoms with Gasteiger partial charge in [-0.3, -0.25) is 4.79 Å². The first-order valence-corrected chi connectivity index (χ1v) is 8.90. The molecule has 2 N–H and O–H groups in total. The zero-order chi connectivity index (χ0) is 17.8. The lowest BCUT2D eigenvalue weighted by atomic mass is 9.46. The van der Waals surface area contributed by atoms with Crippen LogP contribution in [0.15, 0.2) is 18.2 Å². The summed E-state index contributed by atoms with van der Waals surface area (Å²) in [6.45, 7) is 5.60. The van der Waals surface area contributed by atoms with E-state index >= 15 is 0 Å². The summed E-state index contributed by atoms with van der Waals surface area (Å²) in [7, 11) is 1.81. The van der Waals surface area contributed by atoms with Crippen LogP contribution >= 0.6 is 0 Å². The van der Waals surface area contributed by atoms with Gasteiger partial charge >= 0.3 is 0 Å². The van der Waals surface area contributed by atoms with Gasteiger partial charge in [-0.25, -0.2) is 0 Å². The van der Waals surface area contributed by atoms with Crippen LogP contribution in [0, 0.1) is 11.3 Å². The third-order valence-corrected chi connectivity index (χ3v) is 6.24. The molecule has 1 aromatic carbocycles. The SMILES string of the molecule is CN(Cc1ccc2c(c1)OCO2)C(=O)C1(N)C2CCCOC2C1(C)C. The van der Waals surface area contributed by atoms with Crippen LogP contribution in [0.3, 0.4) is 0 Å². The topological polar surface area (TPSA) is 74.0 Å². The van der Waals surface area contributed by atoms with Crippen LogP contribution in [0.25, 0.3) is 0 Å². The molecule has 2 heterocycles. The number of rotatable bonds is 3. The maximum absolute atomic E-state index is 13.2. The van der Waals surface area contributed by atoms with E-state index in [-0.39, 0.29) is 30.1 Å². The van der Waals surface area contributed by atoms with Gasteiger partial charge in [0.15, 0.2) is 11.5 Å². The van der Waals surface area contributed by atoms with Gasteiger partial charge in [-0.15, -0.1) is 0 Å². The molecule has 0 aromatic heterocycles. The molecule has 1 amide bonds. The number of hydrogen-bond acceptors (Lipinski definition) is 5. The van der Waals surface area contributed by atoms with E-state index in [2.05, 4.69) is 0 Å². The fraction of sp³-hybridized carbons (Fsp3) is 0.632. The number of benzene rings is 1. The Morgan fingerprint density at radius 1 is 1.32 bits per heavy atom. The van der Waals surface area contributed by atoms with Crippen LogP contribution in [0.1, 0.15) is 32.3 Å². The second kappa shape index (κ2) is 5.61. The largest absolute Gasteiger partial charge is 0.454 e. The summed E-state index contributed by atoms with van der Waals surface area (Å²) in [6, 6.07) is 5.76. The third kappa shape index (κ3) is 2.27. The molecule has 3 aliphatic rings. The van der Waals surface area contributed by atoms with Crippen molar-refractivity contribution in [2.45, 2.75) is 44.9 Å². The van der Waals surface area contributed by atoms with Crippen LogP contribution in [0.2, 0.25) is 0 Å². The Hall–Kier alpha value is -1.79. The van der Waals surface area contributed by atoms with Gasteiger partial charge < -0.3 is 24.8 Å². The Labute approximate surface area is 148 Å². The monoisotopic (exact) mass is 346 g/mol. The second-order valence-electron chi connectivity index (χ2n) is 7.98. The van der Waals surface area contributed by atoms with E-state index in [9.17, 15) is 4.79 Å². The summed E-state index contributed by atoms with van der Waals surface area (Å²) in [4.78, 5) is 15.0. The van der Waals surface area contributed by atoms with Crippen molar-refractivity contribution in [1.82, 2.24) is 4.90 Å². The first kappa shape index (κ1) is 16.7. The van der Waals surface area contributed by atoms with Crippen molar-refractivity contribution in [3.05, 3.63) is 23.8 Å². The highest BCUT2D eigenvalue weighted by Crippen LogP contribution is 2.57.